The number of halogens is 3. The Balaban J connectivity index is 0.000000342. The molecule has 12 heteroatoms. The van der Waals surface area contributed by atoms with E-state index < -0.39 is 12.1 Å². The smallest absolute Gasteiger partial charge is 0.391 e. The lowest BCUT2D eigenvalue weighted by Gasteiger charge is -2.45. The van der Waals surface area contributed by atoms with E-state index in [9.17, 15) is 18.3 Å². The summed E-state index contributed by atoms with van der Waals surface area (Å²) in [5, 5.41) is 9.68. The summed E-state index contributed by atoms with van der Waals surface area (Å²) in [4.78, 5) is 9.13. The van der Waals surface area contributed by atoms with Crippen LogP contribution in [-0.2, 0) is 0 Å². The van der Waals surface area contributed by atoms with E-state index in [0.717, 1.165) is 32.1 Å². The van der Waals surface area contributed by atoms with Crippen LogP contribution in [0, 0.1) is 17.8 Å². The third-order valence-electron chi connectivity index (χ3n) is 10.9. The number of nitrogens with two attached hydrogens (primary N) is 4. The van der Waals surface area contributed by atoms with E-state index in [0.29, 0.717) is 24.2 Å². The highest BCUT2D eigenvalue weighted by Crippen LogP contribution is 2.35. The molecule has 4 rings (SSSR count). The molecule has 0 aliphatic carbocycles. The monoisotopic (exact) mass is 737 g/mol. The molecule has 0 amide bonds. The van der Waals surface area contributed by atoms with Gasteiger partial charge in [0.05, 0.1) is 12.0 Å². The van der Waals surface area contributed by atoms with E-state index in [-0.39, 0.29) is 53.7 Å². The molecule has 4 fully saturated rings. The van der Waals surface area contributed by atoms with Crippen molar-refractivity contribution in [2.45, 2.75) is 181 Å². The summed E-state index contributed by atoms with van der Waals surface area (Å²) >= 11 is 0. The number of aliphatic hydroxyl groups is 1. The van der Waals surface area contributed by atoms with Crippen LogP contribution in [0.4, 0.5) is 13.2 Å². The van der Waals surface area contributed by atoms with Crippen molar-refractivity contribution in [3.05, 3.63) is 0 Å². The van der Waals surface area contributed by atoms with Gasteiger partial charge in [-0.05, 0) is 127 Å². The number of likely N-dealkylation sites (tertiary alicyclic amines) is 4. The van der Waals surface area contributed by atoms with Gasteiger partial charge < -0.3 is 28.0 Å². The Morgan fingerprint density at radius 1 is 0.529 bits per heavy atom. The van der Waals surface area contributed by atoms with Gasteiger partial charge in [0.2, 0.25) is 0 Å². The van der Waals surface area contributed by atoms with Crippen LogP contribution < -0.4 is 22.9 Å². The van der Waals surface area contributed by atoms with Gasteiger partial charge in [0.1, 0.15) is 0 Å². The normalized spacial score (nSPS) is 32.8. The largest absolute Gasteiger partial charge is 0.393 e. The number of aliphatic hydroxyl groups excluding tert-OH is 1. The highest BCUT2D eigenvalue weighted by atomic mass is 19.4. The number of piperidine rings is 4. The number of hydrogen-bond acceptors (Lipinski definition) is 9. The summed E-state index contributed by atoms with van der Waals surface area (Å²) < 4.78 is 37.8. The van der Waals surface area contributed by atoms with Crippen LogP contribution in [0.15, 0.2) is 0 Å². The van der Waals surface area contributed by atoms with Crippen molar-refractivity contribution in [2.75, 3.05) is 52.4 Å². The van der Waals surface area contributed by atoms with Gasteiger partial charge in [-0.15, -0.1) is 0 Å². The highest BCUT2D eigenvalue weighted by Gasteiger charge is 2.45. The topological polar surface area (TPSA) is 137 Å². The van der Waals surface area contributed by atoms with Crippen LogP contribution in [0.2, 0.25) is 0 Å². The number of hydrogen-bond donors (Lipinski definition) is 5. The Hall–Kier alpha value is -0.570. The molecule has 9 N–H and O–H groups in total. The Morgan fingerprint density at radius 3 is 1.31 bits per heavy atom. The highest BCUT2D eigenvalue weighted by molar-refractivity contribution is 4.92. The predicted molar refractivity (Wildman–Crippen MR) is 210 cm³/mol. The van der Waals surface area contributed by atoms with Crippen molar-refractivity contribution in [3.63, 3.8) is 0 Å². The maximum atomic E-state index is 12.6. The van der Waals surface area contributed by atoms with Gasteiger partial charge in [-0.1, -0.05) is 13.8 Å². The summed E-state index contributed by atoms with van der Waals surface area (Å²) in [5.41, 5.74) is 23.9. The van der Waals surface area contributed by atoms with Gasteiger partial charge in [-0.2, -0.15) is 13.2 Å². The fraction of sp³-hybridized carbons (Fsp3) is 1.00. The zero-order valence-electron chi connectivity index (χ0n) is 35.3. The van der Waals surface area contributed by atoms with Crippen molar-refractivity contribution < 1.29 is 18.3 Å². The lowest BCUT2D eigenvalue weighted by molar-refractivity contribution is -0.192. The summed E-state index contributed by atoms with van der Waals surface area (Å²) in [7, 11) is 0. The quantitative estimate of drug-likeness (QED) is 0.231. The average Bonchev–Trinajstić information content (AvgIpc) is 2.93. The molecule has 4 saturated heterocycles. The van der Waals surface area contributed by atoms with Gasteiger partial charge in [0.15, 0.2) is 0 Å². The third-order valence-corrected chi connectivity index (χ3v) is 10.9. The number of alkyl halides is 3. The van der Waals surface area contributed by atoms with Gasteiger partial charge in [0.25, 0.3) is 0 Å². The zero-order chi connectivity index (χ0) is 39.9. The summed E-state index contributed by atoms with van der Waals surface area (Å²) in [6.45, 7) is 37.1. The first-order valence-electron chi connectivity index (χ1n) is 19.6. The van der Waals surface area contributed by atoms with E-state index in [4.69, 9.17) is 22.9 Å². The molecule has 4 heterocycles. The summed E-state index contributed by atoms with van der Waals surface area (Å²) in [6.07, 6.45) is -0.756. The van der Waals surface area contributed by atoms with Crippen LogP contribution in [-0.4, -0.2) is 136 Å². The minimum Gasteiger partial charge on any atom is -0.391 e. The Labute approximate surface area is 311 Å². The standard InChI is InChI=1S/C10H19F3N2.C10H22N2O.C10H22N2.C9H20N2/c1-9(2,3)15-5-7(10(11,12)13)4-8(14)6-15;1-7-5-12(10(2,3)4)6-8(11)9(7)13;1-8-5-9(11)7-12(6-8)10(2,3)4;1-9(2,3)11-6-4-5-8(10)7-11/h7-8H,4-6,14H2,1-3H3;7-9,13H,5-6,11H2,1-4H3;8-9H,5-7,11H2,1-4H3;8H,4-7,10H2,1-3H3. The predicted octanol–water partition coefficient (Wildman–Crippen LogP) is 5.08. The fourth-order valence-corrected chi connectivity index (χ4v) is 7.35. The SMILES string of the molecule is CC(C)(C)N1CC(N)CC(C(F)(F)F)C1.CC(C)(C)N1CCCC(N)C1.CC1CC(N)CN(C(C)(C)C)C1.CC1CN(C(C)(C)C)CC(N)C1O. The van der Waals surface area contributed by atoms with E-state index >= 15 is 0 Å². The second-order valence-corrected chi connectivity index (χ2v) is 20.2. The maximum Gasteiger partial charge on any atom is 0.393 e. The molecule has 51 heavy (non-hydrogen) atoms. The molecule has 0 spiro atoms. The average molecular weight is 737 g/mol. The van der Waals surface area contributed by atoms with Gasteiger partial charge >= 0.3 is 6.18 Å². The molecular weight excluding hydrogens is 653 g/mol. The van der Waals surface area contributed by atoms with Crippen LogP contribution in [0.3, 0.4) is 0 Å². The van der Waals surface area contributed by atoms with Crippen molar-refractivity contribution in [1.29, 1.82) is 0 Å². The molecule has 8 atom stereocenters. The number of nitrogens with zero attached hydrogens (tertiary/aromatic N) is 4. The van der Waals surface area contributed by atoms with Crippen molar-refractivity contribution in [2.24, 2.45) is 40.7 Å². The first-order chi connectivity index (χ1) is 22.8. The first-order valence-corrected chi connectivity index (χ1v) is 19.6. The minimum atomic E-state index is -4.12. The minimum absolute atomic E-state index is 0.0517. The third kappa shape index (κ3) is 17.6. The van der Waals surface area contributed by atoms with Crippen molar-refractivity contribution >= 4 is 0 Å². The molecule has 4 aliphatic rings. The van der Waals surface area contributed by atoms with Crippen LogP contribution >= 0.6 is 0 Å². The van der Waals surface area contributed by atoms with Crippen LogP contribution in [0.25, 0.3) is 0 Å². The Kier molecular flexibility index (Phi) is 18.4. The second-order valence-electron chi connectivity index (χ2n) is 20.2. The molecule has 4 aliphatic heterocycles. The fourth-order valence-electron chi connectivity index (χ4n) is 7.35. The lowest BCUT2D eigenvalue weighted by Crippen LogP contribution is -2.60. The molecule has 0 saturated carbocycles. The molecule has 8 unspecified atom stereocenters. The van der Waals surface area contributed by atoms with E-state index in [1.807, 2.05) is 25.7 Å². The molecule has 0 aromatic heterocycles. The number of rotatable bonds is 0. The Bertz CT molecular complexity index is 943. The van der Waals surface area contributed by atoms with Gasteiger partial charge in [0, 0.05) is 92.1 Å². The zero-order valence-corrected chi connectivity index (χ0v) is 35.3. The molecule has 306 valence electrons. The summed E-state index contributed by atoms with van der Waals surface area (Å²) in [5.74, 6) is -0.239. The van der Waals surface area contributed by atoms with Crippen LogP contribution in [0.5, 0.6) is 0 Å². The Morgan fingerprint density at radius 2 is 0.941 bits per heavy atom. The van der Waals surface area contributed by atoms with Gasteiger partial charge in [-0.25, -0.2) is 0 Å². The lowest BCUT2D eigenvalue weighted by atomic mass is 9.89. The molecular formula is C39H83F3N8O. The van der Waals surface area contributed by atoms with E-state index in [1.165, 1.54) is 32.4 Å². The molecule has 0 aromatic carbocycles. The van der Waals surface area contributed by atoms with Crippen molar-refractivity contribution in [3.8, 4) is 0 Å². The van der Waals surface area contributed by atoms with E-state index in [2.05, 4.69) is 90.9 Å². The van der Waals surface area contributed by atoms with E-state index in [1.54, 1.807) is 0 Å². The molecule has 9 nitrogen and oxygen atoms in total. The maximum absolute atomic E-state index is 12.6. The second kappa shape index (κ2) is 19.3. The van der Waals surface area contributed by atoms with Crippen LogP contribution in [0.1, 0.15) is 123 Å². The summed E-state index contributed by atoms with van der Waals surface area (Å²) in [6, 6.07) is 0.323. The first kappa shape index (κ1) is 48.4. The molecule has 0 aromatic rings. The molecule has 0 bridgehead atoms. The van der Waals surface area contributed by atoms with Crippen molar-refractivity contribution in [1.82, 2.24) is 19.6 Å². The molecule has 0 radical (unpaired) electrons. The van der Waals surface area contributed by atoms with Gasteiger partial charge in [-0.3, -0.25) is 19.6 Å².